The van der Waals surface area contributed by atoms with Crippen LogP contribution < -0.4 is 10.6 Å². The van der Waals surface area contributed by atoms with Gasteiger partial charge in [-0.2, -0.15) is 0 Å². The van der Waals surface area contributed by atoms with Crippen LogP contribution >= 0.6 is 12.4 Å². The van der Waals surface area contributed by atoms with Gasteiger partial charge in [-0.3, -0.25) is 4.79 Å². The van der Waals surface area contributed by atoms with E-state index >= 15 is 0 Å². The summed E-state index contributed by atoms with van der Waals surface area (Å²) < 4.78 is 0. The predicted octanol–water partition coefficient (Wildman–Crippen LogP) is 1.59. The second-order valence-electron chi connectivity index (χ2n) is 7.35. The molecule has 7 heteroatoms. The zero-order valence-electron chi connectivity index (χ0n) is 14.6. The van der Waals surface area contributed by atoms with Crippen LogP contribution in [0.5, 0.6) is 0 Å². The lowest BCUT2D eigenvalue weighted by Gasteiger charge is -2.36. The maximum atomic E-state index is 12.6. The molecule has 3 atom stereocenters. The summed E-state index contributed by atoms with van der Waals surface area (Å²) in [5.74, 6) is 0.100. The van der Waals surface area contributed by atoms with E-state index in [2.05, 4.69) is 17.6 Å². The van der Waals surface area contributed by atoms with Crippen LogP contribution in [0.2, 0.25) is 0 Å². The van der Waals surface area contributed by atoms with Crippen LogP contribution in [0.4, 0.5) is 4.79 Å². The van der Waals surface area contributed by atoms with Crippen LogP contribution in [-0.2, 0) is 4.79 Å². The van der Waals surface area contributed by atoms with E-state index in [4.69, 9.17) is 0 Å². The van der Waals surface area contributed by atoms with Crippen molar-refractivity contribution in [2.45, 2.75) is 57.5 Å². The summed E-state index contributed by atoms with van der Waals surface area (Å²) in [6.07, 6.45) is 6.04. The average molecular weight is 359 g/mol. The molecule has 3 saturated heterocycles. The Balaban J connectivity index is 0.00000208. The molecular weight excluding hydrogens is 328 g/mol. The number of hydrogen-bond acceptors (Lipinski definition) is 3. The van der Waals surface area contributed by atoms with E-state index in [-0.39, 0.29) is 36.3 Å². The highest BCUT2D eigenvalue weighted by atomic mass is 35.5. The summed E-state index contributed by atoms with van der Waals surface area (Å²) in [5, 5.41) is 6.63. The minimum atomic E-state index is -0.0412. The molecule has 3 unspecified atom stereocenters. The fraction of sp³-hybridized carbons (Fsp3) is 0.882. The molecule has 2 N–H and O–H groups in total. The van der Waals surface area contributed by atoms with E-state index in [0.717, 1.165) is 64.7 Å². The SMILES string of the molecule is CC1CC(NC(=O)C2CCCN(C(=O)N3CCCC3)C2)CCN1.Cl. The fourth-order valence-electron chi connectivity index (χ4n) is 4.06. The third-order valence-electron chi connectivity index (χ3n) is 5.41. The summed E-state index contributed by atoms with van der Waals surface area (Å²) >= 11 is 0. The number of nitrogens with zero attached hydrogens (tertiary/aromatic N) is 2. The van der Waals surface area contributed by atoms with Crippen LogP contribution in [0.25, 0.3) is 0 Å². The first-order chi connectivity index (χ1) is 11.1. The number of halogens is 1. The van der Waals surface area contributed by atoms with Crippen LogP contribution in [0.15, 0.2) is 0 Å². The maximum Gasteiger partial charge on any atom is 0.320 e. The lowest BCUT2D eigenvalue weighted by molar-refractivity contribution is -0.127. The van der Waals surface area contributed by atoms with Gasteiger partial charge in [0.1, 0.15) is 0 Å². The van der Waals surface area contributed by atoms with Gasteiger partial charge in [-0.15, -0.1) is 12.4 Å². The zero-order valence-corrected chi connectivity index (χ0v) is 15.4. The Labute approximate surface area is 151 Å². The van der Waals surface area contributed by atoms with Crippen molar-refractivity contribution >= 4 is 24.3 Å². The van der Waals surface area contributed by atoms with E-state index in [9.17, 15) is 9.59 Å². The normalized spacial score (nSPS) is 30.6. The molecule has 0 aromatic carbocycles. The number of likely N-dealkylation sites (tertiary alicyclic amines) is 2. The Kier molecular flexibility index (Phi) is 7.16. The zero-order chi connectivity index (χ0) is 16.2. The van der Waals surface area contributed by atoms with Gasteiger partial charge in [-0.25, -0.2) is 4.79 Å². The number of piperidine rings is 2. The lowest BCUT2D eigenvalue weighted by atomic mass is 9.95. The van der Waals surface area contributed by atoms with Gasteiger partial charge < -0.3 is 20.4 Å². The second-order valence-corrected chi connectivity index (χ2v) is 7.35. The first kappa shape index (κ1) is 19.3. The Morgan fingerprint density at radius 2 is 1.75 bits per heavy atom. The quantitative estimate of drug-likeness (QED) is 0.788. The van der Waals surface area contributed by atoms with E-state index in [1.165, 1.54) is 0 Å². The largest absolute Gasteiger partial charge is 0.353 e. The van der Waals surface area contributed by atoms with Crippen LogP contribution in [-0.4, -0.2) is 66.5 Å². The van der Waals surface area contributed by atoms with Crippen molar-refractivity contribution in [3.05, 3.63) is 0 Å². The van der Waals surface area contributed by atoms with Gasteiger partial charge in [0.05, 0.1) is 5.92 Å². The third kappa shape index (κ3) is 4.76. The molecule has 0 bridgehead atoms. The molecule has 0 aromatic heterocycles. The molecule has 0 saturated carbocycles. The number of rotatable bonds is 2. The minimum Gasteiger partial charge on any atom is -0.353 e. The first-order valence-corrected chi connectivity index (χ1v) is 9.21. The van der Waals surface area contributed by atoms with Gasteiger partial charge >= 0.3 is 6.03 Å². The molecule has 138 valence electrons. The summed E-state index contributed by atoms with van der Waals surface area (Å²) in [6.45, 7) is 6.26. The molecule has 3 aliphatic heterocycles. The summed E-state index contributed by atoms with van der Waals surface area (Å²) in [5.41, 5.74) is 0. The summed E-state index contributed by atoms with van der Waals surface area (Å²) in [4.78, 5) is 28.9. The van der Waals surface area contributed by atoms with E-state index in [1.54, 1.807) is 0 Å². The summed E-state index contributed by atoms with van der Waals surface area (Å²) in [7, 11) is 0. The molecule has 0 aromatic rings. The van der Waals surface area contributed by atoms with Crippen molar-refractivity contribution in [3.8, 4) is 0 Å². The molecule has 3 rings (SSSR count). The topological polar surface area (TPSA) is 64.7 Å². The Bertz CT molecular complexity index is 442. The number of carbonyl (C=O) groups is 2. The van der Waals surface area contributed by atoms with Crippen LogP contribution in [0.1, 0.15) is 45.4 Å². The van der Waals surface area contributed by atoms with Crippen LogP contribution in [0, 0.1) is 5.92 Å². The van der Waals surface area contributed by atoms with Crippen molar-refractivity contribution in [1.29, 1.82) is 0 Å². The highest BCUT2D eigenvalue weighted by Crippen LogP contribution is 2.20. The molecule has 3 fully saturated rings. The van der Waals surface area contributed by atoms with E-state index < -0.39 is 0 Å². The smallest absolute Gasteiger partial charge is 0.320 e. The maximum absolute atomic E-state index is 12.6. The molecule has 0 aliphatic carbocycles. The number of nitrogens with one attached hydrogen (secondary N) is 2. The van der Waals surface area contributed by atoms with Crippen molar-refractivity contribution in [1.82, 2.24) is 20.4 Å². The van der Waals surface area contributed by atoms with Gasteiger partial charge in [0.2, 0.25) is 5.91 Å². The van der Waals surface area contributed by atoms with E-state index in [0.29, 0.717) is 12.6 Å². The van der Waals surface area contributed by atoms with Gasteiger partial charge in [-0.05, 0) is 52.0 Å². The Morgan fingerprint density at radius 3 is 2.46 bits per heavy atom. The highest BCUT2D eigenvalue weighted by molar-refractivity contribution is 5.85. The Hall–Kier alpha value is -1.01. The average Bonchev–Trinajstić information content (AvgIpc) is 3.09. The molecule has 3 amide bonds. The molecule has 6 nitrogen and oxygen atoms in total. The molecule has 3 heterocycles. The van der Waals surface area contributed by atoms with Crippen molar-refractivity contribution < 1.29 is 9.59 Å². The standard InChI is InChI=1S/C17H30N4O2.ClH/c1-13-11-15(6-7-18-13)19-16(22)14-5-4-10-21(12-14)17(23)20-8-2-3-9-20;/h13-15,18H,2-12H2,1H3,(H,19,22);1H. The van der Waals surface area contributed by atoms with Gasteiger partial charge in [-0.1, -0.05) is 0 Å². The monoisotopic (exact) mass is 358 g/mol. The third-order valence-corrected chi connectivity index (χ3v) is 5.41. The molecular formula is C17H31ClN4O2. The highest BCUT2D eigenvalue weighted by Gasteiger charge is 2.32. The number of hydrogen-bond donors (Lipinski definition) is 2. The minimum absolute atomic E-state index is 0. The van der Waals surface area contributed by atoms with Gasteiger partial charge in [0, 0.05) is 38.3 Å². The molecule has 0 spiro atoms. The van der Waals surface area contributed by atoms with E-state index in [1.807, 2.05) is 9.80 Å². The molecule has 24 heavy (non-hydrogen) atoms. The van der Waals surface area contributed by atoms with Crippen molar-refractivity contribution in [2.24, 2.45) is 5.92 Å². The number of carbonyl (C=O) groups excluding carboxylic acids is 2. The Morgan fingerprint density at radius 1 is 1.04 bits per heavy atom. The number of urea groups is 1. The van der Waals surface area contributed by atoms with Gasteiger partial charge in [0.25, 0.3) is 0 Å². The molecule has 0 radical (unpaired) electrons. The van der Waals surface area contributed by atoms with Gasteiger partial charge in [0.15, 0.2) is 0 Å². The second kappa shape index (κ2) is 8.90. The summed E-state index contributed by atoms with van der Waals surface area (Å²) in [6, 6.07) is 0.882. The fourth-order valence-corrected chi connectivity index (χ4v) is 4.06. The lowest BCUT2D eigenvalue weighted by Crippen LogP contribution is -2.52. The number of amides is 3. The molecule has 3 aliphatic rings. The predicted molar refractivity (Wildman–Crippen MR) is 96.4 cm³/mol. The van der Waals surface area contributed by atoms with Crippen molar-refractivity contribution in [2.75, 3.05) is 32.7 Å². The van der Waals surface area contributed by atoms with Crippen molar-refractivity contribution in [3.63, 3.8) is 0 Å². The van der Waals surface area contributed by atoms with Crippen LogP contribution in [0.3, 0.4) is 0 Å². The first-order valence-electron chi connectivity index (χ1n) is 9.21.